The number of aromatic nitrogens is 2. The van der Waals surface area contributed by atoms with Crippen molar-refractivity contribution >= 4 is 11.5 Å². The number of rotatable bonds is 6. The van der Waals surface area contributed by atoms with Crippen molar-refractivity contribution in [2.45, 2.75) is 39.0 Å². The number of carbonyl (C=O) groups is 1. The molecule has 0 saturated heterocycles. The third kappa shape index (κ3) is 2.42. The first kappa shape index (κ1) is 12.7. The normalized spacial score (nSPS) is 14.8. The zero-order chi connectivity index (χ0) is 13.3. The van der Waals surface area contributed by atoms with Gasteiger partial charge in [0.15, 0.2) is 0 Å². The molecule has 0 aliphatic heterocycles. The molecular weight excluding hydrogens is 234 g/mol. The monoisotopic (exact) mass is 251 g/mol. The van der Waals surface area contributed by atoms with Crippen molar-refractivity contribution in [2.24, 2.45) is 13.0 Å². The molecule has 0 spiro atoms. The van der Waals surface area contributed by atoms with Gasteiger partial charge in [0, 0.05) is 13.0 Å². The molecule has 1 fully saturated rings. The number of nitro groups is 1. The molecule has 98 valence electrons. The third-order valence-corrected chi connectivity index (χ3v) is 3.25. The lowest BCUT2D eigenvalue weighted by Gasteiger charge is -2.00. The van der Waals surface area contributed by atoms with E-state index in [1.807, 2.05) is 6.92 Å². The van der Waals surface area contributed by atoms with Crippen LogP contribution in [-0.4, -0.2) is 20.5 Å². The smallest absolute Gasteiger partial charge is 0.299 e. The van der Waals surface area contributed by atoms with Crippen molar-refractivity contribution in [1.82, 2.24) is 9.78 Å². The Hall–Kier alpha value is -1.72. The van der Waals surface area contributed by atoms with Crippen LogP contribution in [-0.2, 0) is 24.7 Å². The summed E-state index contributed by atoms with van der Waals surface area (Å²) in [7, 11) is 1.67. The molecule has 0 radical (unpaired) electrons. The van der Waals surface area contributed by atoms with E-state index in [0.717, 1.165) is 19.3 Å². The van der Waals surface area contributed by atoms with E-state index < -0.39 is 4.92 Å². The highest BCUT2D eigenvalue weighted by Crippen LogP contribution is 2.33. The molecule has 2 rings (SSSR count). The lowest BCUT2D eigenvalue weighted by Crippen LogP contribution is -2.10. The molecule has 0 atom stereocenters. The molecule has 1 aliphatic carbocycles. The Morgan fingerprint density at radius 1 is 1.56 bits per heavy atom. The van der Waals surface area contributed by atoms with E-state index in [9.17, 15) is 14.9 Å². The fourth-order valence-corrected chi connectivity index (χ4v) is 2.14. The molecule has 0 amide bonds. The van der Waals surface area contributed by atoms with Crippen molar-refractivity contribution in [3.8, 4) is 0 Å². The first-order chi connectivity index (χ1) is 8.54. The minimum Gasteiger partial charge on any atom is -0.299 e. The maximum Gasteiger partial charge on any atom is 0.313 e. The highest BCUT2D eigenvalue weighted by molar-refractivity contribution is 5.85. The van der Waals surface area contributed by atoms with E-state index in [-0.39, 0.29) is 23.8 Å². The topological polar surface area (TPSA) is 78.0 Å². The molecule has 0 N–H and O–H groups in total. The van der Waals surface area contributed by atoms with Gasteiger partial charge in [-0.25, -0.2) is 0 Å². The molecule has 1 aromatic heterocycles. The van der Waals surface area contributed by atoms with Crippen molar-refractivity contribution < 1.29 is 9.72 Å². The van der Waals surface area contributed by atoms with E-state index in [4.69, 9.17) is 0 Å². The largest absolute Gasteiger partial charge is 0.313 e. The van der Waals surface area contributed by atoms with E-state index in [2.05, 4.69) is 5.10 Å². The Bertz CT molecular complexity index is 489. The summed E-state index contributed by atoms with van der Waals surface area (Å²) in [6.07, 6.45) is 3.35. The summed E-state index contributed by atoms with van der Waals surface area (Å²) in [5, 5.41) is 15.3. The average molecular weight is 251 g/mol. The van der Waals surface area contributed by atoms with Crippen LogP contribution in [0.1, 0.15) is 37.6 Å². The van der Waals surface area contributed by atoms with Crippen LogP contribution in [0.5, 0.6) is 0 Å². The van der Waals surface area contributed by atoms with E-state index in [1.54, 1.807) is 7.05 Å². The number of Topliss-reactive ketones (excluding diaryl/α,β-unsaturated/α-hetero) is 1. The minimum absolute atomic E-state index is 0.0355. The zero-order valence-corrected chi connectivity index (χ0v) is 10.7. The van der Waals surface area contributed by atoms with Crippen molar-refractivity contribution in [3.05, 3.63) is 21.5 Å². The van der Waals surface area contributed by atoms with Gasteiger partial charge < -0.3 is 0 Å². The Balaban J connectivity index is 2.31. The number of aryl methyl sites for hydroxylation is 2. The van der Waals surface area contributed by atoms with Gasteiger partial charge in [-0.3, -0.25) is 19.6 Å². The number of ketones is 1. The summed E-state index contributed by atoms with van der Waals surface area (Å²) in [4.78, 5) is 22.5. The fourth-order valence-electron chi connectivity index (χ4n) is 2.14. The van der Waals surface area contributed by atoms with Crippen LogP contribution in [0.4, 0.5) is 5.69 Å². The Kier molecular flexibility index (Phi) is 3.45. The van der Waals surface area contributed by atoms with Crippen LogP contribution < -0.4 is 0 Å². The van der Waals surface area contributed by atoms with E-state index >= 15 is 0 Å². The van der Waals surface area contributed by atoms with Crippen LogP contribution in [0.3, 0.4) is 0 Å². The van der Waals surface area contributed by atoms with Gasteiger partial charge >= 0.3 is 5.69 Å². The van der Waals surface area contributed by atoms with E-state index in [0.29, 0.717) is 17.8 Å². The second kappa shape index (κ2) is 4.88. The predicted molar refractivity (Wildman–Crippen MR) is 65.3 cm³/mol. The lowest BCUT2D eigenvalue weighted by atomic mass is 10.1. The summed E-state index contributed by atoms with van der Waals surface area (Å²) >= 11 is 0. The summed E-state index contributed by atoms with van der Waals surface area (Å²) in [6, 6.07) is 0. The van der Waals surface area contributed by atoms with Gasteiger partial charge in [0.2, 0.25) is 0 Å². The van der Waals surface area contributed by atoms with E-state index in [1.165, 1.54) is 4.68 Å². The van der Waals surface area contributed by atoms with Gasteiger partial charge in [0.05, 0.1) is 11.3 Å². The minimum atomic E-state index is -0.409. The van der Waals surface area contributed by atoms with Gasteiger partial charge in [-0.2, -0.15) is 5.10 Å². The number of hydrogen-bond acceptors (Lipinski definition) is 4. The Labute approximate surface area is 105 Å². The number of carbonyl (C=O) groups excluding carboxylic acids is 1. The van der Waals surface area contributed by atoms with Gasteiger partial charge in [0.25, 0.3) is 0 Å². The first-order valence-electron chi connectivity index (χ1n) is 6.26. The van der Waals surface area contributed by atoms with Crippen molar-refractivity contribution in [1.29, 1.82) is 0 Å². The molecular formula is C12H17N3O3. The van der Waals surface area contributed by atoms with Crippen LogP contribution in [0.2, 0.25) is 0 Å². The van der Waals surface area contributed by atoms with Crippen LogP contribution >= 0.6 is 0 Å². The quantitative estimate of drug-likeness (QED) is 0.570. The number of hydrogen-bond donors (Lipinski definition) is 0. The molecule has 1 heterocycles. The van der Waals surface area contributed by atoms with Gasteiger partial charge in [-0.05, 0) is 19.3 Å². The van der Waals surface area contributed by atoms with Crippen molar-refractivity contribution in [3.63, 3.8) is 0 Å². The molecule has 1 aromatic rings. The van der Waals surface area contributed by atoms with Crippen LogP contribution in [0, 0.1) is 16.0 Å². The highest BCUT2D eigenvalue weighted by Gasteiger charge is 2.33. The second-order valence-electron chi connectivity index (χ2n) is 4.79. The van der Waals surface area contributed by atoms with Crippen LogP contribution in [0.15, 0.2) is 0 Å². The molecule has 0 unspecified atom stereocenters. The maximum absolute atomic E-state index is 11.8. The number of nitrogens with zero attached hydrogens (tertiary/aromatic N) is 3. The molecule has 0 aromatic carbocycles. The predicted octanol–water partition coefficient (Wildman–Crippen LogP) is 1.80. The molecule has 1 aliphatic rings. The van der Waals surface area contributed by atoms with Crippen molar-refractivity contribution in [2.75, 3.05) is 0 Å². The molecule has 0 bridgehead atoms. The molecule has 6 nitrogen and oxygen atoms in total. The van der Waals surface area contributed by atoms with Gasteiger partial charge in [0.1, 0.15) is 17.2 Å². The van der Waals surface area contributed by atoms with Gasteiger partial charge in [-0.15, -0.1) is 0 Å². The molecule has 6 heteroatoms. The summed E-state index contributed by atoms with van der Waals surface area (Å²) in [6.45, 7) is 1.95. The lowest BCUT2D eigenvalue weighted by molar-refractivity contribution is -0.386. The highest BCUT2D eigenvalue weighted by atomic mass is 16.6. The fraction of sp³-hybridized carbons (Fsp3) is 0.667. The van der Waals surface area contributed by atoms with Crippen LogP contribution in [0.25, 0.3) is 0 Å². The summed E-state index contributed by atoms with van der Waals surface area (Å²) in [5.41, 5.74) is 0.970. The second-order valence-corrected chi connectivity index (χ2v) is 4.79. The Morgan fingerprint density at radius 2 is 2.22 bits per heavy atom. The zero-order valence-electron chi connectivity index (χ0n) is 10.7. The molecule has 18 heavy (non-hydrogen) atoms. The molecule has 1 saturated carbocycles. The maximum atomic E-state index is 11.8. The third-order valence-electron chi connectivity index (χ3n) is 3.25. The first-order valence-corrected chi connectivity index (χ1v) is 6.26. The standard InChI is InChI=1S/C12H17N3O3/c1-3-4-9-12(15(17)18)10(14(2)13-9)7-11(16)8-5-6-8/h8H,3-7H2,1-2H3. The summed E-state index contributed by atoms with van der Waals surface area (Å²) in [5.74, 6) is 0.221. The van der Waals surface area contributed by atoms with Gasteiger partial charge in [-0.1, -0.05) is 13.3 Å². The average Bonchev–Trinajstić information content (AvgIpc) is 3.07. The Morgan fingerprint density at radius 3 is 2.72 bits per heavy atom. The SMILES string of the molecule is CCCc1nn(C)c(CC(=O)C2CC2)c1[N+](=O)[O-]. The summed E-state index contributed by atoms with van der Waals surface area (Å²) < 4.78 is 1.49.